The molecule has 0 bridgehead atoms. The molecule has 9 heteroatoms. The van der Waals surface area contributed by atoms with Crippen LogP contribution in [0.2, 0.25) is 5.02 Å². The van der Waals surface area contributed by atoms with E-state index in [1.807, 2.05) is 54.6 Å². The molecule has 3 aromatic carbocycles. The van der Waals surface area contributed by atoms with E-state index in [1.165, 1.54) is 0 Å². The minimum absolute atomic E-state index is 0.322. The summed E-state index contributed by atoms with van der Waals surface area (Å²) in [6.07, 6.45) is 0. The highest BCUT2D eigenvalue weighted by Gasteiger charge is 2.15. The Kier molecular flexibility index (Phi) is 5.80. The maximum atomic E-state index is 12.2. The predicted molar refractivity (Wildman–Crippen MR) is 134 cm³/mol. The Hall–Kier alpha value is -4.43. The van der Waals surface area contributed by atoms with E-state index in [2.05, 4.69) is 30.9 Å². The number of nitrogens with zero attached hydrogens (tertiary/aromatic N) is 3. The molecule has 2 aromatic heterocycles. The van der Waals surface area contributed by atoms with Gasteiger partial charge in [0.2, 0.25) is 5.89 Å². The van der Waals surface area contributed by atoms with Gasteiger partial charge in [0, 0.05) is 27.6 Å². The van der Waals surface area contributed by atoms with Crippen LogP contribution in [-0.2, 0) is 0 Å². The molecule has 0 aliphatic heterocycles. The first-order chi connectivity index (χ1) is 16.5. The molecule has 168 valence electrons. The normalized spacial score (nSPS) is 10.8. The number of carbonyl (C=O) groups is 1. The number of carbonyl (C=O) groups excluding carboxylic acids is 1. The number of urea groups is 1. The van der Waals surface area contributed by atoms with Crippen LogP contribution in [0, 0.1) is 6.92 Å². The highest BCUT2D eigenvalue weighted by molar-refractivity contribution is 6.30. The second kappa shape index (κ2) is 9.21. The minimum Gasteiger partial charge on any atom is -0.417 e. The molecule has 0 radical (unpaired) electrons. The maximum absolute atomic E-state index is 12.2. The molecule has 0 spiro atoms. The average molecular weight is 471 g/mol. The Labute approximate surface area is 200 Å². The molecule has 0 saturated heterocycles. The summed E-state index contributed by atoms with van der Waals surface area (Å²) in [6.45, 7) is 1.79. The molecule has 3 N–H and O–H groups in total. The summed E-state index contributed by atoms with van der Waals surface area (Å²) < 4.78 is 5.87. The number of anilines is 4. The summed E-state index contributed by atoms with van der Waals surface area (Å²) in [6, 6.07) is 23.4. The standard InChI is InChI=1S/C25H19ClN6O2/c1-15-27-22(21-24(28-15)34-23(32-21)16-7-9-17(26)10-8-16)29-19-11-13-20(14-12-19)31-25(33)30-18-5-3-2-4-6-18/h2-14H,1H3,(H,27,28,29)(H2,30,31,33). The zero-order valence-corrected chi connectivity index (χ0v) is 18.8. The molecule has 2 amide bonds. The first-order valence-corrected chi connectivity index (χ1v) is 10.8. The quantitative estimate of drug-likeness (QED) is 0.266. The van der Waals surface area contributed by atoms with Gasteiger partial charge in [-0.2, -0.15) is 4.98 Å². The van der Waals surface area contributed by atoms with Gasteiger partial charge in [-0.15, -0.1) is 0 Å². The molecule has 0 fully saturated rings. The number of oxazole rings is 1. The summed E-state index contributed by atoms with van der Waals surface area (Å²) in [5.41, 5.74) is 3.82. The van der Waals surface area contributed by atoms with Crippen LogP contribution in [0.1, 0.15) is 5.82 Å². The lowest BCUT2D eigenvalue weighted by Gasteiger charge is -2.09. The van der Waals surface area contributed by atoms with Crippen molar-refractivity contribution in [1.29, 1.82) is 0 Å². The van der Waals surface area contributed by atoms with Gasteiger partial charge in [0.1, 0.15) is 5.82 Å². The van der Waals surface area contributed by atoms with Crippen molar-refractivity contribution in [3.63, 3.8) is 0 Å². The van der Waals surface area contributed by atoms with Gasteiger partial charge in [-0.3, -0.25) is 0 Å². The van der Waals surface area contributed by atoms with Crippen molar-refractivity contribution in [1.82, 2.24) is 15.0 Å². The van der Waals surface area contributed by atoms with E-state index >= 15 is 0 Å². The number of nitrogens with one attached hydrogen (secondary N) is 3. The number of hydrogen-bond donors (Lipinski definition) is 3. The third kappa shape index (κ3) is 4.82. The molecule has 5 aromatic rings. The van der Waals surface area contributed by atoms with E-state index in [-0.39, 0.29) is 6.03 Å². The first kappa shape index (κ1) is 21.4. The van der Waals surface area contributed by atoms with Crippen molar-refractivity contribution in [3.8, 4) is 11.5 Å². The van der Waals surface area contributed by atoms with Crippen molar-refractivity contribution in [3.05, 3.63) is 89.7 Å². The Morgan fingerprint density at radius 1 is 0.794 bits per heavy atom. The lowest BCUT2D eigenvalue weighted by atomic mass is 10.2. The molecule has 0 aliphatic carbocycles. The SMILES string of the molecule is Cc1nc(Nc2ccc(NC(=O)Nc3ccccc3)cc2)c2nc(-c3ccc(Cl)cc3)oc2n1. The number of aryl methyl sites for hydroxylation is 1. The summed E-state index contributed by atoms with van der Waals surface area (Å²) in [5.74, 6) is 1.50. The van der Waals surface area contributed by atoms with Gasteiger partial charge in [0.15, 0.2) is 11.3 Å². The number of hydrogen-bond acceptors (Lipinski definition) is 6. The molecule has 0 atom stereocenters. The third-order valence-electron chi connectivity index (χ3n) is 4.90. The van der Waals surface area contributed by atoms with Crippen LogP contribution in [-0.4, -0.2) is 21.0 Å². The van der Waals surface area contributed by atoms with E-state index in [4.69, 9.17) is 16.0 Å². The summed E-state index contributed by atoms with van der Waals surface area (Å²) in [5, 5.41) is 9.48. The van der Waals surface area contributed by atoms with Crippen LogP contribution >= 0.6 is 11.6 Å². The third-order valence-corrected chi connectivity index (χ3v) is 5.15. The number of halogens is 1. The Morgan fingerprint density at radius 3 is 2.15 bits per heavy atom. The highest BCUT2D eigenvalue weighted by atomic mass is 35.5. The fourth-order valence-corrected chi connectivity index (χ4v) is 3.45. The lowest BCUT2D eigenvalue weighted by Crippen LogP contribution is -2.19. The van der Waals surface area contributed by atoms with Gasteiger partial charge < -0.3 is 20.4 Å². The molecule has 0 aliphatic rings. The van der Waals surface area contributed by atoms with E-state index in [0.29, 0.717) is 45.2 Å². The molecule has 5 rings (SSSR count). The fraction of sp³-hybridized carbons (Fsp3) is 0.0400. The topological polar surface area (TPSA) is 105 Å². The van der Waals surface area contributed by atoms with Crippen LogP contribution < -0.4 is 16.0 Å². The zero-order chi connectivity index (χ0) is 23.5. The van der Waals surface area contributed by atoms with Crippen LogP contribution in [0.25, 0.3) is 22.7 Å². The Morgan fingerprint density at radius 2 is 1.44 bits per heavy atom. The van der Waals surface area contributed by atoms with E-state index in [0.717, 1.165) is 11.3 Å². The molecule has 0 saturated carbocycles. The Bertz CT molecular complexity index is 1450. The number of fused-ring (bicyclic) bond motifs is 1. The monoisotopic (exact) mass is 470 g/mol. The van der Waals surface area contributed by atoms with E-state index in [9.17, 15) is 4.79 Å². The lowest BCUT2D eigenvalue weighted by molar-refractivity contribution is 0.262. The number of benzene rings is 3. The minimum atomic E-state index is -0.322. The maximum Gasteiger partial charge on any atom is 0.323 e. The van der Waals surface area contributed by atoms with E-state index in [1.54, 1.807) is 31.2 Å². The number of para-hydroxylation sites is 1. The van der Waals surface area contributed by atoms with Gasteiger partial charge in [-0.05, 0) is 67.6 Å². The van der Waals surface area contributed by atoms with Crippen molar-refractivity contribution in [2.45, 2.75) is 6.92 Å². The summed E-state index contributed by atoms with van der Waals surface area (Å²) in [4.78, 5) is 25.6. The fourth-order valence-electron chi connectivity index (χ4n) is 3.32. The van der Waals surface area contributed by atoms with Gasteiger partial charge in [-0.1, -0.05) is 29.8 Å². The van der Waals surface area contributed by atoms with Crippen LogP contribution in [0.5, 0.6) is 0 Å². The average Bonchev–Trinajstić information content (AvgIpc) is 3.25. The van der Waals surface area contributed by atoms with Crippen molar-refractivity contribution >= 4 is 51.7 Å². The van der Waals surface area contributed by atoms with Crippen molar-refractivity contribution < 1.29 is 9.21 Å². The predicted octanol–water partition coefficient (Wildman–Crippen LogP) is 6.63. The molecular formula is C25H19ClN6O2. The number of amides is 2. The number of rotatable bonds is 5. The molecule has 0 unspecified atom stereocenters. The van der Waals surface area contributed by atoms with Crippen LogP contribution in [0.15, 0.2) is 83.3 Å². The van der Waals surface area contributed by atoms with Crippen LogP contribution in [0.3, 0.4) is 0 Å². The van der Waals surface area contributed by atoms with Crippen LogP contribution in [0.4, 0.5) is 27.7 Å². The smallest absolute Gasteiger partial charge is 0.323 e. The zero-order valence-electron chi connectivity index (χ0n) is 18.0. The first-order valence-electron chi connectivity index (χ1n) is 10.4. The molecule has 2 heterocycles. The van der Waals surface area contributed by atoms with Gasteiger partial charge in [0.25, 0.3) is 5.71 Å². The van der Waals surface area contributed by atoms with Gasteiger partial charge in [0.05, 0.1) is 0 Å². The van der Waals surface area contributed by atoms with Crippen molar-refractivity contribution in [2.24, 2.45) is 0 Å². The largest absolute Gasteiger partial charge is 0.417 e. The highest BCUT2D eigenvalue weighted by Crippen LogP contribution is 2.29. The van der Waals surface area contributed by atoms with Gasteiger partial charge >= 0.3 is 6.03 Å². The molecular weight excluding hydrogens is 452 g/mol. The molecule has 34 heavy (non-hydrogen) atoms. The molecule has 8 nitrogen and oxygen atoms in total. The Balaban J connectivity index is 1.33. The summed E-state index contributed by atoms with van der Waals surface area (Å²) >= 11 is 5.98. The van der Waals surface area contributed by atoms with E-state index < -0.39 is 0 Å². The second-order valence-corrected chi connectivity index (χ2v) is 7.88. The summed E-state index contributed by atoms with van der Waals surface area (Å²) in [7, 11) is 0. The van der Waals surface area contributed by atoms with Gasteiger partial charge in [-0.25, -0.2) is 14.8 Å². The van der Waals surface area contributed by atoms with Crippen molar-refractivity contribution in [2.75, 3.05) is 16.0 Å². The number of aromatic nitrogens is 3. The second-order valence-electron chi connectivity index (χ2n) is 7.45.